The van der Waals surface area contributed by atoms with Gasteiger partial charge in [0.15, 0.2) is 5.76 Å². The van der Waals surface area contributed by atoms with Crippen molar-refractivity contribution in [2.75, 3.05) is 7.05 Å². The van der Waals surface area contributed by atoms with Gasteiger partial charge in [-0.3, -0.25) is 0 Å². The van der Waals surface area contributed by atoms with Crippen LogP contribution in [0.3, 0.4) is 0 Å². The lowest BCUT2D eigenvalue weighted by Crippen LogP contribution is -2.12. The number of benzene rings is 1. The van der Waals surface area contributed by atoms with E-state index in [0.29, 0.717) is 5.89 Å². The van der Waals surface area contributed by atoms with Gasteiger partial charge in [-0.25, -0.2) is 4.98 Å². The zero-order valence-electron chi connectivity index (χ0n) is 9.50. The second-order valence-corrected chi connectivity index (χ2v) is 5.47. The van der Waals surface area contributed by atoms with E-state index in [-0.39, 0.29) is 6.04 Å². The number of nitrogens with one attached hydrogen (secondary N) is 1. The Morgan fingerprint density at radius 3 is 2.76 bits per heavy atom. The molecule has 1 unspecified atom stereocenters. The van der Waals surface area contributed by atoms with Gasteiger partial charge in [-0.1, -0.05) is 15.9 Å². The van der Waals surface area contributed by atoms with Crippen LogP contribution < -0.4 is 5.32 Å². The van der Waals surface area contributed by atoms with Gasteiger partial charge in [0.2, 0.25) is 5.89 Å². The molecule has 0 saturated carbocycles. The molecule has 0 amide bonds. The van der Waals surface area contributed by atoms with E-state index in [1.807, 2.05) is 32.2 Å². The number of oxazole rings is 1. The molecule has 5 heteroatoms. The van der Waals surface area contributed by atoms with E-state index in [1.54, 1.807) is 6.20 Å². The van der Waals surface area contributed by atoms with Crippen molar-refractivity contribution in [1.82, 2.24) is 10.3 Å². The van der Waals surface area contributed by atoms with Crippen LogP contribution in [0.15, 0.2) is 37.8 Å². The summed E-state index contributed by atoms with van der Waals surface area (Å²) in [5.41, 5.74) is 0.996. The van der Waals surface area contributed by atoms with Crippen molar-refractivity contribution in [2.45, 2.75) is 13.0 Å². The van der Waals surface area contributed by atoms with E-state index < -0.39 is 0 Å². The zero-order valence-corrected chi connectivity index (χ0v) is 12.7. The molecule has 2 rings (SSSR count). The Balaban J connectivity index is 2.37. The Labute approximate surface area is 117 Å². The number of aromatic nitrogens is 1. The molecule has 1 aromatic heterocycles. The first kappa shape index (κ1) is 12.8. The molecule has 0 saturated heterocycles. The molecule has 2 aromatic rings. The predicted octanol–water partition coefficient (Wildman–Crippen LogP) is 4.15. The first-order valence-electron chi connectivity index (χ1n) is 5.20. The molecule has 0 aliphatic carbocycles. The number of nitrogens with zero attached hydrogens (tertiary/aromatic N) is 1. The third-order valence-corrected chi connectivity index (χ3v) is 3.67. The molecule has 0 aliphatic rings. The maximum atomic E-state index is 5.72. The highest BCUT2D eigenvalue weighted by atomic mass is 79.9. The van der Waals surface area contributed by atoms with Crippen molar-refractivity contribution in [1.29, 1.82) is 0 Å². The van der Waals surface area contributed by atoms with E-state index in [0.717, 1.165) is 20.3 Å². The average Bonchev–Trinajstić information content (AvgIpc) is 2.77. The fourth-order valence-corrected chi connectivity index (χ4v) is 2.67. The molecule has 1 aromatic carbocycles. The van der Waals surface area contributed by atoms with Crippen LogP contribution in [-0.4, -0.2) is 12.0 Å². The van der Waals surface area contributed by atoms with Gasteiger partial charge in [-0.2, -0.15) is 0 Å². The second-order valence-electron chi connectivity index (χ2n) is 3.70. The third kappa shape index (κ3) is 2.78. The quantitative estimate of drug-likeness (QED) is 0.894. The van der Waals surface area contributed by atoms with Crippen molar-refractivity contribution < 1.29 is 4.42 Å². The Kier molecular flexibility index (Phi) is 4.01. The Hall–Kier alpha value is -0.650. The van der Waals surface area contributed by atoms with Crippen LogP contribution in [0.2, 0.25) is 0 Å². The van der Waals surface area contributed by atoms with Crippen LogP contribution in [0.25, 0.3) is 11.3 Å². The van der Waals surface area contributed by atoms with Gasteiger partial charge in [-0.15, -0.1) is 0 Å². The lowest BCUT2D eigenvalue weighted by atomic mass is 10.2. The molecule has 17 heavy (non-hydrogen) atoms. The SMILES string of the molecule is CNC(C)c1ncc(-c2ccc(Br)cc2Br)o1. The number of rotatable bonds is 3. The zero-order chi connectivity index (χ0) is 12.4. The smallest absolute Gasteiger partial charge is 0.211 e. The van der Waals surface area contributed by atoms with Crippen molar-refractivity contribution >= 4 is 31.9 Å². The van der Waals surface area contributed by atoms with Crippen molar-refractivity contribution in [3.05, 3.63) is 39.2 Å². The molecule has 0 bridgehead atoms. The highest BCUT2D eigenvalue weighted by Crippen LogP contribution is 2.31. The summed E-state index contributed by atoms with van der Waals surface area (Å²) in [6, 6.07) is 6.06. The van der Waals surface area contributed by atoms with Crippen molar-refractivity contribution in [3.8, 4) is 11.3 Å². The number of hydrogen-bond acceptors (Lipinski definition) is 3. The van der Waals surface area contributed by atoms with Crippen LogP contribution in [-0.2, 0) is 0 Å². The summed E-state index contributed by atoms with van der Waals surface area (Å²) >= 11 is 6.94. The van der Waals surface area contributed by atoms with Crippen LogP contribution in [0, 0.1) is 0 Å². The summed E-state index contributed by atoms with van der Waals surface area (Å²) < 4.78 is 7.73. The first-order valence-corrected chi connectivity index (χ1v) is 6.79. The van der Waals surface area contributed by atoms with E-state index in [9.17, 15) is 0 Å². The molecule has 0 fully saturated rings. The summed E-state index contributed by atoms with van der Waals surface area (Å²) in [6.45, 7) is 2.01. The van der Waals surface area contributed by atoms with Gasteiger partial charge in [0.05, 0.1) is 12.2 Å². The summed E-state index contributed by atoms with van der Waals surface area (Å²) in [6.07, 6.45) is 1.75. The van der Waals surface area contributed by atoms with Crippen molar-refractivity contribution in [2.24, 2.45) is 0 Å². The summed E-state index contributed by atoms with van der Waals surface area (Å²) in [7, 11) is 1.88. The third-order valence-electron chi connectivity index (χ3n) is 2.52. The van der Waals surface area contributed by atoms with Crippen LogP contribution in [0.1, 0.15) is 18.9 Å². The molecule has 1 heterocycles. The fraction of sp³-hybridized carbons (Fsp3) is 0.250. The minimum atomic E-state index is 0.109. The summed E-state index contributed by atoms with van der Waals surface area (Å²) in [5.74, 6) is 1.46. The van der Waals surface area contributed by atoms with Crippen molar-refractivity contribution in [3.63, 3.8) is 0 Å². The molecule has 1 N–H and O–H groups in total. The van der Waals surface area contributed by atoms with Gasteiger partial charge in [0, 0.05) is 14.5 Å². The predicted molar refractivity (Wildman–Crippen MR) is 74.8 cm³/mol. The average molecular weight is 360 g/mol. The van der Waals surface area contributed by atoms with Gasteiger partial charge in [0.25, 0.3) is 0 Å². The van der Waals surface area contributed by atoms with Gasteiger partial charge < -0.3 is 9.73 Å². The highest BCUT2D eigenvalue weighted by Gasteiger charge is 2.13. The largest absolute Gasteiger partial charge is 0.439 e. The second kappa shape index (κ2) is 5.33. The minimum Gasteiger partial charge on any atom is -0.439 e. The molecule has 90 valence electrons. The van der Waals surface area contributed by atoms with Gasteiger partial charge in [0.1, 0.15) is 0 Å². The Morgan fingerprint density at radius 2 is 2.12 bits per heavy atom. The molecular weight excluding hydrogens is 348 g/mol. The maximum absolute atomic E-state index is 5.72. The summed E-state index contributed by atoms with van der Waals surface area (Å²) in [5, 5.41) is 3.09. The lowest BCUT2D eigenvalue weighted by Gasteiger charge is -2.04. The molecule has 0 aliphatic heterocycles. The molecule has 3 nitrogen and oxygen atoms in total. The lowest BCUT2D eigenvalue weighted by molar-refractivity contribution is 0.441. The van der Waals surface area contributed by atoms with Gasteiger partial charge in [-0.05, 0) is 48.1 Å². The van der Waals surface area contributed by atoms with E-state index >= 15 is 0 Å². The molecule has 1 atom stereocenters. The topological polar surface area (TPSA) is 38.1 Å². The number of hydrogen-bond donors (Lipinski definition) is 1. The maximum Gasteiger partial charge on any atom is 0.211 e. The minimum absolute atomic E-state index is 0.109. The molecule has 0 spiro atoms. The van der Waals surface area contributed by atoms with E-state index in [4.69, 9.17) is 4.42 Å². The van der Waals surface area contributed by atoms with Crippen LogP contribution >= 0.6 is 31.9 Å². The fourth-order valence-electron chi connectivity index (χ4n) is 1.43. The first-order chi connectivity index (χ1) is 8.11. The highest BCUT2D eigenvalue weighted by molar-refractivity contribution is 9.11. The van der Waals surface area contributed by atoms with Crippen LogP contribution in [0.4, 0.5) is 0 Å². The van der Waals surface area contributed by atoms with Crippen LogP contribution in [0.5, 0.6) is 0 Å². The van der Waals surface area contributed by atoms with E-state index in [2.05, 4.69) is 42.2 Å². The summed E-state index contributed by atoms with van der Waals surface area (Å²) in [4.78, 5) is 4.27. The normalized spacial score (nSPS) is 12.7. The standard InChI is InChI=1S/C12H12Br2N2O/c1-7(15-2)12-16-6-11(17-12)9-4-3-8(13)5-10(9)14/h3-7,15H,1-2H3. The van der Waals surface area contributed by atoms with Gasteiger partial charge >= 0.3 is 0 Å². The molecular formula is C12H12Br2N2O. The van der Waals surface area contributed by atoms with E-state index in [1.165, 1.54) is 0 Å². The number of halogens is 2. The Morgan fingerprint density at radius 1 is 1.35 bits per heavy atom. The monoisotopic (exact) mass is 358 g/mol. The molecule has 0 radical (unpaired) electrons. The Bertz CT molecular complexity index is 525.